The zero-order valence-electron chi connectivity index (χ0n) is 13.9. The first-order valence-corrected chi connectivity index (χ1v) is 8.00. The maximum absolute atomic E-state index is 11.8. The molecule has 2 amide bonds. The van der Waals surface area contributed by atoms with Crippen molar-refractivity contribution in [1.82, 2.24) is 0 Å². The van der Waals surface area contributed by atoms with Crippen LogP contribution in [0, 0.1) is 0 Å². The lowest BCUT2D eigenvalue weighted by Crippen LogP contribution is -2.32. The summed E-state index contributed by atoms with van der Waals surface area (Å²) in [6.07, 6.45) is 3.99. The summed E-state index contributed by atoms with van der Waals surface area (Å²) in [5, 5.41) is 17.3. The smallest absolute Gasteiger partial charge is 0.323 e. The molecule has 0 spiro atoms. The standard InChI is InChI=1S/C15H12N2O.C6H6O2/c16-15(18)17-13-7-3-1-5-11(13)9-10-12-6-2-4-8-14(12)17;7-5-3-1-2-4-6(5)8/h1-10H,(H2,16,18);1-4,7-8H. The summed E-state index contributed by atoms with van der Waals surface area (Å²) in [5.41, 5.74) is 9.11. The Bertz CT molecular complexity index is 896. The van der Waals surface area contributed by atoms with Gasteiger partial charge in [0.2, 0.25) is 0 Å². The van der Waals surface area contributed by atoms with Gasteiger partial charge in [0.15, 0.2) is 11.5 Å². The second-order valence-electron chi connectivity index (χ2n) is 5.61. The molecular weight excluding hydrogens is 328 g/mol. The molecule has 4 rings (SSSR count). The van der Waals surface area contributed by atoms with Crippen LogP contribution in [0.15, 0.2) is 72.8 Å². The Hall–Kier alpha value is -3.73. The molecule has 1 aliphatic rings. The normalized spacial score (nSPS) is 11.5. The fraction of sp³-hybridized carbons (Fsp3) is 0. The van der Waals surface area contributed by atoms with E-state index in [-0.39, 0.29) is 11.5 Å². The third-order valence-electron chi connectivity index (χ3n) is 3.90. The van der Waals surface area contributed by atoms with E-state index in [1.165, 1.54) is 12.1 Å². The van der Waals surface area contributed by atoms with Gasteiger partial charge < -0.3 is 15.9 Å². The third kappa shape index (κ3) is 3.52. The highest BCUT2D eigenvalue weighted by Crippen LogP contribution is 2.35. The number of hydrogen-bond acceptors (Lipinski definition) is 3. The zero-order chi connectivity index (χ0) is 18.5. The highest BCUT2D eigenvalue weighted by molar-refractivity contribution is 6.04. The lowest BCUT2D eigenvalue weighted by Gasteiger charge is -2.22. The van der Waals surface area contributed by atoms with Crippen LogP contribution in [0.5, 0.6) is 11.5 Å². The number of benzene rings is 3. The highest BCUT2D eigenvalue weighted by Gasteiger charge is 2.21. The quantitative estimate of drug-likeness (QED) is 0.524. The molecule has 4 N–H and O–H groups in total. The van der Waals surface area contributed by atoms with Gasteiger partial charge in [-0.05, 0) is 35.4 Å². The second kappa shape index (κ2) is 7.44. The molecule has 1 aliphatic heterocycles. The van der Waals surface area contributed by atoms with Crippen molar-refractivity contribution < 1.29 is 15.0 Å². The van der Waals surface area contributed by atoms with Gasteiger partial charge in [0.05, 0.1) is 11.4 Å². The summed E-state index contributed by atoms with van der Waals surface area (Å²) >= 11 is 0. The number of carbonyl (C=O) groups excluding carboxylic acids is 1. The number of primary amides is 1. The van der Waals surface area contributed by atoms with E-state index in [4.69, 9.17) is 15.9 Å². The number of amides is 2. The van der Waals surface area contributed by atoms with Gasteiger partial charge in [-0.1, -0.05) is 60.7 Å². The van der Waals surface area contributed by atoms with Crippen LogP contribution in [0.25, 0.3) is 12.2 Å². The molecule has 0 aromatic heterocycles. The Kier molecular flexibility index (Phi) is 4.90. The van der Waals surface area contributed by atoms with Gasteiger partial charge in [-0.15, -0.1) is 0 Å². The SMILES string of the molecule is NC(=O)N1c2ccccc2C=Cc2ccccc21.Oc1ccccc1O. The number of nitrogens with two attached hydrogens (primary N) is 1. The fourth-order valence-corrected chi connectivity index (χ4v) is 2.68. The largest absolute Gasteiger partial charge is 0.504 e. The minimum atomic E-state index is -0.474. The molecule has 0 saturated carbocycles. The van der Waals surface area contributed by atoms with Gasteiger partial charge in [-0.2, -0.15) is 0 Å². The average Bonchev–Trinajstić information content (AvgIpc) is 2.81. The van der Waals surface area contributed by atoms with Crippen LogP contribution < -0.4 is 10.6 Å². The summed E-state index contributed by atoms with van der Waals surface area (Å²) in [7, 11) is 0. The van der Waals surface area contributed by atoms with Crippen molar-refractivity contribution in [3.8, 4) is 11.5 Å². The molecule has 0 bridgehead atoms. The number of phenols is 2. The summed E-state index contributed by atoms with van der Waals surface area (Å²) in [6.45, 7) is 0. The third-order valence-corrected chi connectivity index (χ3v) is 3.90. The Morgan fingerprint density at radius 3 is 1.46 bits per heavy atom. The van der Waals surface area contributed by atoms with Crippen molar-refractivity contribution in [3.05, 3.63) is 83.9 Å². The van der Waals surface area contributed by atoms with Gasteiger partial charge >= 0.3 is 6.03 Å². The number of urea groups is 1. The molecule has 26 heavy (non-hydrogen) atoms. The molecule has 3 aromatic carbocycles. The number of nitrogens with zero attached hydrogens (tertiary/aromatic N) is 1. The first-order valence-electron chi connectivity index (χ1n) is 8.00. The van der Waals surface area contributed by atoms with Crippen LogP contribution in [-0.2, 0) is 0 Å². The van der Waals surface area contributed by atoms with Crippen molar-refractivity contribution >= 4 is 29.6 Å². The molecule has 0 atom stereocenters. The van der Waals surface area contributed by atoms with E-state index in [9.17, 15) is 4.79 Å². The predicted molar refractivity (Wildman–Crippen MR) is 103 cm³/mol. The van der Waals surface area contributed by atoms with Crippen LogP contribution in [-0.4, -0.2) is 16.2 Å². The zero-order valence-corrected chi connectivity index (χ0v) is 13.9. The van der Waals surface area contributed by atoms with Gasteiger partial charge in [0, 0.05) is 0 Å². The number of para-hydroxylation sites is 4. The molecule has 5 heteroatoms. The van der Waals surface area contributed by atoms with Crippen LogP contribution >= 0.6 is 0 Å². The number of fused-ring (bicyclic) bond motifs is 2. The Morgan fingerprint density at radius 1 is 0.692 bits per heavy atom. The van der Waals surface area contributed by atoms with E-state index in [0.29, 0.717) is 0 Å². The van der Waals surface area contributed by atoms with Crippen molar-refractivity contribution in [1.29, 1.82) is 0 Å². The average molecular weight is 346 g/mol. The monoisotopic (exact) mass is 346 g/mol. The summed E-state index contributed by atoms with van der Waals surface area (Å²) in [4.78, 5) is 13.3. The molecule has 0 radical (unpaired) electrons. The first kappa shape index (κ1) is 17.1. The molecule has 3 aromatic rings. The summed E-state index contributed by atoms with van der Waals surface area (Å²) in [6, 6.07) is 21.1. The van der Waals surface area contributed by atoms with Crippen LogP contribution in [0.3, 0.4) is 0 Å². The van der Waals surface area contributed by atoms with Gasteiger partial charge in [0.1, 0.15) is 0 Å². The predicted octanol–water partition coefficient (Wildman–Crippen LogP) is 4.49. The Labute approximate surface area is 151 Å². The van der Waals surface area contributed by atoms with Crippen molar-refractivity contribution in [2.24, 2.45) is 5.73 Å². The molecule has 5 nitrogen and oxygen atoms in total. The van der Waals surface area contributed by atoms with Crippen LogP contribution in [0.2, 0.25) is 0 Å². The van der Waals surface area contributed by atoms with Gasteiger partial charge in [-0.3, -0.25) is 4.90 Å². The van der Waals surface area contributed by atoms with E-state index in [2.05, 4.69) is 0 Å². The van der Waals surface area contributed by atoms with E-state index in [0.717, 1.165) is 22.5 Å². The van der Waals surface area contributed by atoms with Crippen LogP contribution in [0.4, 0.5) is 16.2 Å². The number of rotatable bonds is 0. The maximum Gasteiger partial charge on any atom is 0.323 e. The number of anilines is 2. The fourth-order valence-electron chi connectivity index (χ4n) is 2.68. The lowest BCUT2D eigenvalue weighted by atomic mass is 10.1. The highest BCUT2D eigenvalue weighted by atomic mass is 16.3. The van der Waals surface area contributed by atoms with Gasteiger partial charge in [-0.25, -0.2) is 4.79 Å². The Balaban J connectivity index is 0.000000206. The number of phenolic OH excluding ortho intramolecular Hbond substituents is 2. The van der Waals surface area contributed by atoms with E-state index in [1.54, 1.807) is 17.0 Å². The summed E-state index contributed by atoms with van der Waals surface area (Å²) in [5.74, 6) is -0.153. The second-order valence-corrected chi connectivity index (χ2v) is 5.61. The molecular formula is C21H18N2O3. The topological polar surface area (TPSA) is 86.8 Å². The molecule has 1 heterocycles. The maximum atomic E-state index is 11.8. The number of aromatic hydroxyl groups is 2. The number of carbonyl (C=O) groups is 1. The van der Waals surface area contributed by atoms with E-state index < -0.39 is 6.03 Å². The minimum absolute atomic E-state index is 0.0764. The molecule has 0 unspecified atom stereocenters. The number of hydrogen-bond donors (Lipinski definition) is 3. The van der Waals surface area contributed by atoms with E-state index >= 15 is 0 Å². The van der Waals surface area contributed by atoms with Crippen LogP contribution in [0.1, 0.15) is 11.1 Å². The molecule has 0 saturated heterocycles. The van der Waals surface area contributed by atoms with Crippen molar-refractivity contribution in [2.75, 3.05) is 4.90 Å². The Morgan fingerprint density at radius 2 is 1.08 bits per heavy atom. The van der Waals surface area contributed by atoms with Crippen molar-refractivity contribution in [2.45, 2.75) is 0 Å². The summed E-state index contributed by atoms with van der Waals surface area (Å²) < 4.78 is 0. The molecule has 0 fully saturated rings. The van der Waals surface area contributed by atoms with Crippen molar-refractivity contribution in [3.63, 3.8) is 0 Å². The van der Waals surface area contributed by atoms with Gasteiger partial charge in [0.25, 0.3) is 0 Å². The lowest BCUT2D eigenvalue weighted by molar-refractivity contribution is 0.256. The molecule has 130 valence electrons. The minimum Gasteiger partial charge on any atom is -0.504 e. The van der Waals surface area contributed by atoms with E-state index in [1.807, 2.05) is 60.7 Å². The first-order chi connectivity index (χ1) is 12.6. The molecule has 0 aliphatic carbocycles.